The average Bonchev–Trinajstić information content (AvgIpc) is 2.58. The van der Waals surface area contributed by atoms with E-state index in [-0.39, 0.29) is 0 Å². The van der Waals surface area contributed by atoms with Gasteiger partial charge in [0.25, 0.3) is 0 Å². The summed E-state index contributed by atoms with van der Waals surface area (Å²) in [6.07, 6.45) is 7.54. The Balaban J connectivity index is 1.92. The number of rotatable bonds is 6. The predicted molar refractivity (Wildman–Crippen MR) is 96.1 cm³/mol. The van der Waals surface area contributed by atoms with Gasteiger partial charge in [-0.15, -0.1) is 0 Å². The molecule has 0 atom stereocenters. The highest BCUT2D eigenvalue weighted by Gasteiger charge is 1.94. The molecule has 2 aromatic rings. The molecular weight excluding hydrogens is 264 g/mol. The molecule has 0 aliphatic rings. The molecule has 0 unspecified atom stereocenters. The first kappa shape index (κ1) is 16.4. The molecule has 0 heterocycles. The van der Waals surface area contributed by atoms with E-state index in [1.807, 2.05) is 0 Å². The minimum absolute atomic E-state index is 1.08. The molecule has 0 heteroatoms. The van der Waals surface area contributed by atoms with Crippen LogP contribution >= 0.6 is 0 Å². The first-order valence-electron chi connectivity index (χ1n) is 8.51. The minimum Gasteiger partial charge on any atom is -0.0654 e. The van der Waals surface area contributed by atoms with Crippen LogP contribution in [0.3, 0.4) is 0 Å². The molecule has 0 amide bonds. The molecule has 0 N–H and O–H groups in total. The van der Waals surface area contributed by atoms with Crippen molar-refractivity contribution < 1.29 is 0 Å². The van der Waals surface area contributed by atoms with Crippen molar-refractivity contribution in [3.63, 3.8) is 0 Å². The number of benzene rings is 2. The smallest absolute Gasteiger partial charge is 0.0249 e. The fourth-order valence-corrected chi connectivity index (χ4v) is 2.48. The van der Waals surface area contributed by atoms with Crippen LogP contribution in [0, 0.1) is 11.8 Å². The zero-order valence-corrected chi connectivity index (χ0v) is 13.9. The average molecular weight is 290 g/mol. The van der Waals surface area contributed by atoms with Crippen LogP contribution in [0.4, 0.5) is 0 Å². The molecule has 0 nitrogen and oxygen atoms in total. The van der Waals surface area contributed by atoms with E-state index in [1.165, 1.54) is 43.2 Å². The maximum absolute atomic E-state index is 3.25. The highest BCUT2D eigenvalue weighted by atomic mass is 14.0. The van der Waals surface area contributed by atoms with Gasteiger partial charge in [-0.25, -0.2) is 0 Å². The standard InChI is InChI=1S/C22H26/c1-3-5-6-7-8-20-13-15-22(16-14-20)18-17-21-11-9-19(4-2)10-12-21/h9-16H,3-8H2,1-2H3. The van der Waals surface area contributed by atoms with Gasteiger partial charge in [0, 0.05) is 11.1 Å². The molecule has 22 heavy (non-hydrogen) atoms. The summed E-state index contributed by atoms with van der Waals surface area (Å²) in [6, 6.07) is 17.2. The van der Waals surface area contributed by atoms with Gasteiger partial charge in [0.05, 0.1) is 0 Å². The summed E-state index contributed by atoms with van der Waals surface area (Å²) in [6.45, 7) is 4.42. The van der Waals surface area contributed by atoms with Crippen LogP contribution < -0.4 is 0 Å². The first-order valence-corrected chi connectivity index (χ1v) is 8.51. The van der Waals surface area contributed by atoms with Gasteiger partial charge in [-0.3, -0.25) is 0 Å². The maximum Gasteiger partial charge on any atom is 0.0249 e. The zero-order valence-electron chi connectivity index (χ0n) is 13.9. The van der Waals surface area contributed by atoms with E-state index in [0.29, 0.717) is 0 Å². The summed E-state index contributed by atoms with van der Waals surface area (Å²) in [4.78, 5) is 0. The second-order valence-corrected chi connectivity index (χ2v) is 5.81. The lowest BCUT2D eigenvalue weighted by molar-refractivity contribution is 0.667. The third-order valence-electron chi connectivity index (χ3n) is 3.99. The van der Waals surface area contributed by atoms with E-state index < -0.39 is 0 Å². The Morgan fingerprint density at radius 2 is 1.18 bits per heavy atom. The van der Waals surface area contributed by atoms with E-state index in [0.717, 1.165) is 17.5 Å². The van der Waals surface area contributed by atoms with E-state index in [2.05, 4.69) is 74.2 Å². The molecule has 0 fully saturated rings. The Hall–Kier alpha value is -2.00. The van der Waals surface area contributed by atoms with Crippen LogP contribution in [0.15, 0.2) is 48.5 Å². The summed E-state index contributed by atoms with van der Waals surface area (Å²) >= 11 is 0. The third-order valence-corrected chi connectivity index (χ3v) is 3.99. The van der Waals surface area contributed by atoms with Crippen molar-refractivity contribution in [1.82, 2.24) is 0 Å². The second-order valence-electron chi connectivity index (χ2n) is 5.81. The zero-order chi connectivity index (χ0) is 15.6. The molecule has 2 aromatic carbocycles. The van der Waals surface area contributed by atoms with Crippen molar-refractivity contribution in [1.29, 1.82) is 0 Å². The molecule has 0 aliphatic carbocycles. The normalized spacial score (nSPS) is 10.1. The Bertz CT molecular complexity index is 606. The largest absolute Gasteiger partial charge is 0.0654 e. The SMILES string of the molecule is CCCCCCc1ccc(C#Cc2ccc(CC)cc2)cc1. The van der Waals surface area contributed by atoms with Gasteiger partial charge in [0.1, 0.15) is 0 Å². The lowest BCUT2D eigenvalue weighted by Crippen LogP contribution is -1.86. The maximum atomic E-state index is 3.25. The lowest BCUT2D eigenvalue weighted by atomic mass is 10.0. The van der Waals surface area contributed by atoms with Crippen LogP contribution in [0.1, 0.15) is 61.8 Å². The molecule has 114 valence electrons. The van der Waals surface area contributed by atoms with E-state index >= 15 is 0 Å². The lowest BCUT2D eigenvalue weighted by Gasteiger charge is -2.01. The predicted octanol–water partition coefficient (Wildman–Crippen LogP) is 5.77. The van der Waals surface area contributed by atoms with Crippen LogP contribution in [0.2, 0.25) is 0 Å². The van der Waals surface area contributed by atoms with Gasteiger partial charge in [0.2, 0.25) is 0 Å². The Morgan fingerprint density at radius 3 is 1.68 bits per heavy atom. The topological polar surface area (TPSA) is 0 Å². The van der Waals surface area contributed by atoms with Crippen LogP contribution in [-0.4, -0.2) is 0 Å². The summed E-state index contributed by atoms with van der Waals surface area (Å²) in [5, 5.41) is 0. The first-order chi connectivity index (χ1) is 10.8. The molecule has 0 saturated carbocycles. The van der Waals surface area contributed by atoms with Crippen LogP contribution in [0.5, 0.6) is 0 Å². The van der Waals surface area contributed by atoms with Gasteiger partial charge in [0.15, 0.2) is 0 Å². The molecule has 0 aliphatic heterocycles. The van der Waals surface area contributed by atoms with Gasteiger partial charge in [-0.05, 0) is 54.7 Å². The van der Waals surface area contributed by atoms with Crippen LogP contribution in [0.25, 0.3) is 0 Å². The van der Waals surface area contributed by atoms with Crippen molar-refractivity contribution in [2.24, 2.45) is 0 Å². The fourth-order valence-electron chi connectivity index (χ4n) is 2.48. The van der Waals surface area contributed by atoms with Gasteiger partial charge in [-0.1, -0.05) is 69.2 Å². The molecule has 0 bridgehead atoms. The highest BCUT2D eigenvalue weighted by Crippen LogP contribution is 2.10. The molecule has 0 saturated heterocycles. The Morgan fingerprint density at radius 1 is 0.636 bits per heavy atom. The molecular formula is C22H26. The van der Waals surface area contributed by atoms with Gasteiger partial charge in [-0.2, -0.15) is 0 Å². The highest BCUT2D eigenvalue weighted by molar-refractivity contribution is 5.44. The van der Waals surface area contributed by atoms with Crippen molar-refractivity contribution in [2.75, 3.05) is 0 Å². The van der Waals surface area contributed by atoms with Gasteiger partial charge < -0.3 is 0 Å². The van der Waals surface area contributed by atoms with Crippen LogP contribution in [-0.2, 0) is 12.8 Å². The van der Waals surface area contributed by atoms with Crippen molar-refractivity contribution >= 4 is 0 Å². The molecule has 0 radical (unpaired) electrons. The van der Waals surface area contributed by atoms with Gasteiger partial charge >= 0.3 is 0 Å². The quantitative estimate of drug-likeness (QED) is 0.468. The molecule has 0 spiro atoms. The molecule has 2 rings (SSSR count). The summed E-state index contributed by atoms with van der Waals surface area (Å²) in [7, 11) is 0. The van der Waals surface area contributed by atoms with Crippen molar-refractivity contribution in [3.8, 4) is 11.8 Å². The number of unbranched alkanes of at least 4 members (excludes halogenated alkanes) is 3. The Labute approximate surface area is 135 Å². The summed E-state index contributed by atoms with van der Waals surface area (Å²) < 4.78 is 0. The molecule has 0 aromatic heterocycles. The summed E-state index contributed by atoms with van der Waals surface area (Å²) in [5.74, 6) is 6.49. The number of hydrogen-bond acceptors (Lipinski definition) is 0. The third kappa shape index (κ3) is 5.41. The summed E-state index contributed by atoms with van der Waals surface area (Å²) in [5.41, 5.74) is 4.96. The number of aryl methyl sites for hydroxylation is 2. The van der Waals surface area contributed by atoms with E-state index in [4.69, 9.17) is 0 Å². The number of hydrogen-bond donors (Lipinski definition) is 0. The van der Waals surface area contributed by atoms with E-state index in [9.17, 15) is 0 Å². The fraction of sp³-hybridized carbons (Fsp3) is 0.364. The minimum atomic E-state index is 1.08. The second kappa shape index (κ2) is 9.11. The van der Waals surface area contributed by atoms with E-state index in [1.54, 1.807) is 0 Å². The monoisotopic (exact) mass is 290 g/mol. The van der Waals surface area contributed by atoms with Crippen molar-refractivity contribution in [2.45, 2.75) is 52.4 Å². The van der Waals surface area contributed by atoms with Crippen molar-refractivity contribution in [3.05, 3.63) is 70.8 Å². The Kier molecular flexibility index (Phi) is 6.78.